The van der Waals surface area contributed by atoms with Crippen molar-refractivity contribution in [1.29, 1.82) is 0 Å². The highest BCUT2D eigenvalue weighted by Crippen LogP contribution is 2.24. The lowest BCUT2D eigenvalue weighted by molar-refractivity contribution is -0.141. The first kappa shape index (κ1) is 28.5. The van der Waals surface area contributed by atoms with Crippen LogP contribution in [0.5, 0.6) is 5.75 Å². The Kier molecular flexibility index (Phi) is 10.9. The maximum absolute atomic E-state index is 13.4. The molecule has 0 aliphatic rings. The minimum absolute atomic E-state index is 0.0658. The molecule has 0 fully saturated rings. The van der Waals surface area contributed by atoms with Crippen LogP contribution >= 0.6 is 11.6 Å². The lowest BCUT2D eigenvalue weighted by Gasteiger charge is -2.31. The maximum atomic E-state index is 13.4. The standard InChI is InChI=1S/C25H34ClN3O5S/c1-5-23(25(31)27-6-2)28(18-19-11-7-8-14-22(19)26)24(30)15-10-16-29(35(4,32)33)20-12-9-13-21(17-20)34-3/h7-9,11-14,17,23H,5-6,10,15-16,18H2,1-4H3,(H,27,31)/t23-/m1/s1. The first-order valence-corrected chi connectivity index (χ1v) is 13.8. The number of anilines is 1. The van der Waals surface area contributed by atoms with Gasteiger partial charge in [-0.05, 0) is 43.5 Å². The number of carbonyl (C=O) groups excluding carboxylic acids is 2. The summed E-state index contributed by atoms with van der Waals surface area (Å²) in [4.78, 5) is 27.6. The quantitative estimate of drug-likeness (QED) is 0.430. The van der Waals surface area contributed by atoms with Crippen molar-refractivity contribution < 1.29 is 22.7 Å². The summed E-state index contributed by atoms with van der Waals surface area (Å²) in [7, 11) is -2.08. The molecule has 2 amide bonds. The third kappa shape index (κ3) is 8.14. The van der Waals surface area contributed by atoms with E-state index in [4.69, 9.17) is 16.3 Å². The molecule has 0 aliphatic heterocycles. The molecule has 2 rings (SSSR count). The van der Waals surface area contributed by atoms with Gasteiger partial charge in [0.05, 0.1) is 19.1 Å². The van der Waals surface area contributed by atoms with Gasteiger partial charge >= 0.3 is 0 Å². The summed E-state index contributed by atoms with van der Waals surface area (Å²) in [5.41, 5.74) is 1.19. The summed E-state index contributed by atoms with van der Waals surface area (Å²) >= 11 is 6.33. The zero-order valence-corrected chi connectivity index (χ0v) is 22.2. The van der Waals surface area contributed by atoms with Crippen molar-refractivity contribution in [3.05, 3.63) is 59.1 Å². The Labute approximate surface area is 213 Å². The number of hydrogen-bond donors (Lipinski definition) is 1. The second-order valence-corrected chi connectivity index (χ2v) is 10.4. The molecule has 0 heterocycles. The molecular weight excluding hydrogens is 490 g/mol. The van der Waals surface area contributed by atoms with Crippen molar-refractivity contribution in [1.82, 2.24) is 10.2 Å². The summed E-state index contributed by atoms with van der Waals surface area (Å²) in [5.74, 6) is 0.0533. The number of amides is 2. The van der Waals surface area contributed by atoms with Crippen molar-refractivity contribution in [2.24, 2.45) is 0 Å². The maximum Gasteiger partial charge on any atom is 0.242 e. The highest BCUT2D eigenvalue weighted by molar-refractivity contribution is 7.92. The molecule has 0 saturated carbocycles. The van der Waals surface area contributed by atoms with Gasteiger partial charge in [0, 0.05) is 37.1 Å². The fourth-order valence-electron chi connectivity index (χ4n) is 3.79. The Balaban J connectivity index is 2.22. The SMILES string of the molecule is CCNC(=O)[C@@H](CC)N(Cc1ccccc1Cl)C(=O)CCCN(c1cccc(OC)c1)S(C)(=O)=O. The molecule has 0 aliphatic carbocycles. The fraction of sp³-hybridized carbons (Fsp3) is 0.440. The van der Waals surface area contributed by atoms with Crippen LogP contribution in [0.3, 0.4) is 0 Å². The van der Waals surface area contributed by atoms with Gasteiger partial charge in [-0.1, -0.05) is 42.8 Å². The van der Waals surface area contributed by atoms with Gasteiger partial charge in [0.15, 0.2) is 0 Å². The summed E-state index contributed by atoms with van der Waals surface area (Å²) in [6.07, 6.45) is 1.89. The second-order valence-electron chi connectivity index (χ2n) is 8.07. The zero-order valence-electron chi connectivity index (χ0n) is 20.7. The number of sulfonamides is 1. The van der Waals surface area contributed by atoms with E-state index in [2.05, 4.69) is 5.32 Å². The van der Waals surface area contributed by atoms with Gasteiger partial charge in [0.1, 0.15) is 11.8 Å². The van der Waals surface area contributed by atoms with Gasteiger partial charge in [-0.15, -0.1) is 0 Å². The number of halogens is 1. The average molecular weight is 524 g/mol. The average Bonchev–Trinajstić information content (AvgIpc) is 2.82. The monoisotopic (exact) mass is 523 g/mol. The third-order valence-corrected chi connectivity index (χ3v) is 7.09. The van der Waals surface area contributed by atoms with Gasteiger partial charge in [0.2, 0.25) is 21.8 Å². The van der Waals surface area contributed by atoms with E-state index in [1.807, 2.05) is 26.0 Å². The predicted molar refractivity (Wildman–Crippen MR) is 139 cm³/mol. The molecule has 10 heteroatoms. The summed E-state index contributed by atoms with van der Waals surface area (Å²) in [6, 6.07) is 13.3. The number of rotatable bonds is 13. The normalized spacial score (nSPS) is 12.0. The first-order chi connectivity index (χ1) is 16.6. The van der Waals surface area contributed by atoms with Gasteiger partial charge in [-0.2, -0.15) is 0 Å². The number of ether oxygens (including phenoxy) is 1. The number of nitrogens with zero attached hydrogens (tertiary/aromatic N) is 2. The Morgan fingerprint density at radius 3 is 2.43 bits per heavy atom. The molecule has 0 aromatic heterocycles. The second kappa shape index (κ2) is 13.3. The Bertz CT molecular complexity index is 1110. The highest BCUT2D eigenvalue weighted by atomic mass is 35.5. The summed E-state index contributed by atoms with van der Waals surface area (Å²) in [6.45, 7) is 4.41. The molecule has 192 valence electrons. The van der Waals surface area contributed by atoms with Gasteiger partial charge < -0.3 is 15.0 Å². The van der Waals surface area contributed by atoms with Crippen molar-refractivity contribution >= 4 is 39.1 Å². The molecule has 0 unspecified atom stereocenters. The minimum Gasteiger partial charge on any atom is -0.497 e. The van der Waals surface area contributed by atoms with E-state index < -0.39 is 16.1 Å². The summed E-state index contributed by atoms with van der Waals surface area (Å²) in [5, 5.41) is 3.31. The van der Waals surface area contributed by atoms with Crippen LogP contribution in [0, 0.1) is 0 Å². The molecule has 2 aromatic carbocycles. The van der Waals surface area contributed by atoms with E-state index in [1.54, 1.807) is 36.4 Å². The largest absolute Gasteiger partial charge is 0.497 e. The van der Waals surface area contributed by atoms with Crippen LogP contribution in [-0.4, -0.2) is 57.6 Å². The predicted octanol–water partition coefficient (Wildman–Crippen LogP) is 3.84. The molecule has 8 nitrogen and oxygen atoms in total. The Hall–Kier alpha value is -2.78. The smallest absolute Gasteiger partial charge is 0.242 e. The van der Waals surface area contributed by atoms with E-state index >= 15 is 0 Å². The lowest BCUT2D eigenvalue weighted by Crippen LogP contribution is -2.49. The molecule has 0 radical (unpaired) electrons. The van der Waals surface area contributed by atoms with E-state index in [-0.39, 0.29) is 37.7 Å². The van der Waals surface area contributed by atoms with Crippen LogP contribution in [0.15, 0.2) is 48.5 Å². The third-order valence-electron chi connectivity index (χ3n) is 5.53. The van der Waals surface area contributed by atoms with Crippen LogP contribution in [0.25, 0.3) is 0 Å². The van der Waals surface area contributed by atoms with E-state index in [1.165, 1.54) is 16.3 Å². The lowest BCUT2D eigenvalue weighted by atomic mass is 10.1. The molecule has 2 aromatic rings. The topological polar surface area (TPSA) is 96.0 Å². The first-order valence-electron chi connectivity index (χ1n) is 11.5. The van der Waals surface area contributed by atoms with Crippen LogP contribution in [0.1, 0.15) is 38.7 Å². The number of carbonyl (C=O) groups is 2. The molecule has 35 heavy (non-hydrogen) atoms. The highest BCUT2D eigenvalue weighted by Gasteiger charge is 2.29. The van der Waals surface area contributed by atoms with Crippen LogP contribution in [0.4, 0.5) is 5.69 Å². The Morgan fingerprint density at radius 1 is 1.11 bits per heavy atom. The van der Waals surface area contributed by atoms with Crippen molar-refractivity contribution in [2.75, 3.05) is 30.8 Å². The number of nitrogens with one attached hydrogen (secondary N) is 1. The van der Waals surface area contributed by atoms with Crippen molar-refractivity contribution in [3.63, 3.8) is 0 Å². The molecular formula is C25H34ClN3O5S. The Morgan fingerprint density at radius 2 is 1.83 bits per heavy atom. The van der Waals surface area contributed by atoms with E-state index in [0.29, 0.717) is 29.4 Å². The van der Waals surface area contributed by atoms with Crippen molar-refractivity contribution in [3.8, 4) is 5.75 Å². The van der Waals surface area contributed by atoms with Crippen LogP contribution in [0.2, 0.25) is 5.02 Å². The van der Waals surface area contributed by atoms with Crippen molar-refractivity contribution in [2.45, 2.75) is 45.7 Å². The molecule has 0 saturated heterocycles. The van der Waals surface area contributed by atoms with E-state index in [9.17, 15) is 18.0 Å². The van der Waals surface area contributed by atoms with Gasteiger partial charge in [0.25, 0.3) is 0 Å². The molecule has 0 spiro atoms. The summed E-state index contributed by atoms with van der Waals surface area (Å²) < 4.78 is 31.4. The molecule has 1 atom stereocenters. The zero-order chi connectivity index (χ0) is 26.0. The minimum atomic E-state index is -3.59. The van der Waals surface area contributed by atoms with Gasteiger partial charge in [-0.3, -0.25) is 13.9 Å². The van der Waals surface area contributed by atoms with Crippen LogP contribution < -0.4 is 14.4 Å². The number of likely N-dealkylation sites (N-methyl/N-ethyl adjacent to an activating group) is 1. The molecule has 1 N–H and O–H groups in total. The molecule has 0 bridgehead atoms. The number of methoxy groups -OCH3 is 1. The van der Waals surface area contributed by atoms with Crippen LogP contribution in [-0.2, 0) is 26.2 Å². The fourth-order valence-corrected chi connectivity index (χ4v) is 4.94. The van der Waals surface area contributed by atoms with E-state index in [0.717, 1.165) is 11.8 Å². The number of benzene rings is 2. The number of hydrogen-bond acceptors (Lipinski definition) is 5. The van der Waals surface area contributed by atoms with Gasteiger partial charge in [-0.25, -0.2) is 8.42 Å².